The van der Waals surface area contributed by atoms with Gasteiger partial charge in [-0.2, -0.15) is 10.4 Å². The van der Waals surface area contributed by atoms with Gasteiger partial charge in [-0.15, -0.1) is 0 Å². The Labute approximate surface area is 209 Å². The van der Waals surface area contributed by atoms with Crippen LogP contribution in [0.1, 0.15) is 39.9 Å². The van der Waals surface area contributed by atoms with Crippen molar-refractivity contribution in [2.24, 2.45) is 10.8 Å². The van der Waals surface area contributed by atoms with Crippen LogP contribution in [0.2, 0.25) is 0 Å². The van der Waals surface area contributed by atoms with Gasteiger partial charge in [0.1, 0.15) is 17.6 Å². The molecule has 36 heavy (non-hydrogen) atoms. The van der Waals surface area contributed by atoms with E-state index in [-0.39, 0.29) is 25.2 Å². The zero-order chi connectivity index (χ0) is 26.4. The maximum absolute atomic E-state index is 12.6. The molecule has 184 valence electrons. The fourth-order valence-electron chi connectivity index (χ4n) is 3.81. The molecule has 0 radical (unpaired) electrons. The Kier molecular flexibility index (Phi) is 7.96. The summed E-state index contributed by atoms with van der Waals surface area (Å²) in [6, 6.07) is 9.43. The van der Waals surface area contributed by atoms with Gasteiger partial charge in [0.25, 0.3) is 5.91 Å². The van der Waals surface area contributed by atoms with Gasteiger partial charge < -0.3 is 16.8 Å². The number of amides is 2. The second kappa shape index (κ2) is 11.1. The molecule has 10 nitrogen and oxygen atoms in total. The lowest BCUT2D eigenvalue weighted by Gasteiger charge is -2.17. The monoisotopic (exact) mass is 484 g/mol. The van der Waals surface area contributed by atoms with E-state index >= 15 is 0 Å². The first kappa shape index (κ1) is 25.8. The van der Waals surface area contributed by atoms with Crippen LogP contribution >= 0.6 is 0 Å². The molecule has 2 heterocycles. The predicted octanol–water partition coefficient (Wildman–Crippen LogP) is 2.50. The third-order valence-corrected chi connectivity index (χ3v) is 5.55. The van der Waals surface area contributed by atoms with Gasteiger partial charge in [0, 0.05) is 30.0 Å². The number of nitrogens with zero attached hydrogens (tertiary/aromatic N) is 5. The number of hydrogen-bond acceptors (Lipinski definition) is 8. The van der Waals surface area contributed by atoms with Crippen molar-refractivity contribution in [1.29, 1.82) is 5.26 Å². The third-order valence-electron chi connectivity index (χ3n) is 5.55. The van der Waals surface area contributed by atoms with Crippen LogP contribution in [0, 0.1) is 32.1 Å². The molecule has 0 saturated carbocycles. The molecule has 0 aliphatic carbocycles. The molecule has 3 aromatic rings. The summed E-state index contributed by atoms with van der Waals surface area (Å²) in [6.07, 6.45) is 2.81. The van der Waals surface area contributed by atoms with E-state index in [1.54, 1.807) is 18.3 Å². The minimum atomic E-state index is -0.824. The number of carbonyl (C=O) groups is 2. The van der Waals surface area contributed by atoms with Crippen LogP contribution in [0.15, 0.2) is 48.3 Å². The first-order valence-corrected chi connectivity index (χ1v) is 11.2. The van der Waals surface area contributed by atoms with Crippen molar-refractivity contribution in [3.8, 4) is 6.07 Å². The van der Waals surface area contributed by atoms with E-state index in [1.165, 1.54) is 11.2 Å². The molecule has 0 aliphatic rings. The number of fused-ring (bicyclic) bond motifs is 1. The fourth-order valence-corrected chi connectivity index (χ4v) is 3.81. The molecule has 0 unspecified atom stereocenters. The van der Waals surface area contributed by atoms with Crippen molar-refractivity contribution >= 4 is 34.2 Å². The second-order valence-corrected chi connectivity index (χ2v) is 8.41. The molecular weight excluding hydrogens is 456 g/mol. The number of aryl methyl sites for hydroxylation is 3. The topological polar surface area (TPSA) is 163 Å². The molecule has 0 aliphatic heterocycles. The highest BCUT2D eigenvalue weighted by molar-refractivity contribution is 6.41. The number of hydrazone groups is 1. The van der Waals surface area contributed by atoms with Crippen LogP contribution in [-0.4, -0.2) is 32.5 Å². The number of pyridine rings is 2. The number of carbonyl (C=O) groups excluding carboxylic acids is 2. The Morgan fingerprint density at radius 3 is 2.64 bits per heavy atom. The Morgan fingerprint density at radius 1 is 1.25 bits per heavy atom. The minimum Gasteiger partial charge on any atom is -0.384 e. The van der Waals surface area contributed by atoms with Crippen molar-refractivity contribution in [3.05, 3.63) is 76.8 Å². The largest absolute Gasteiger partial charge is 0.384 e. The summed E-state index contributed by atoms with van der Waals surface area (Å²) in [5.41, 5.74) is 16.3. The highest BCUT2D eigenvalue weighted by atomic mass is 16.2. The number of rotatable bonds is 9. The van der Waals surface area contributed by atoms with Crippen molar-refractivity contribution < 1.29 is 9.59 Å². The van der Waals surface area contributed by atoms with Gasteiger partial charge in [-0.25, -0.2) is 4.98 Å². The molecule has 3 rings (SSSR count). The Morgan fingerprint density at radius 2 is 2.00 bits per heavy atom. The first-order valence-electron chi connectivity index (χ1n) is 11.2. The normalized spacial score (nSPS) is 11.1. The quantitative estimate of drug-likeness (QED) is 0.310. The third kappa shape index (κ3) is 6.21. The number of aromatic nitrogens is 2. The van der Waals surface area contributed by atoms with E-state index in [0.29, 0.717) is 22.6 Å². The Hall–Kier alpha value is -4.78. The van der Waals surface area contributed by atoms with Crippen LogP contribution in [0.4, 0.5) is 5.82 Å². The molecule has 0 bridgehead atoms. The maximum Gasteiger partial charge on any atom is 0.265 e. The standard InChI is InChI=1S/C26H28N8O2/c1-5-34(14-18-8-19-6-15(2)12-31-25(19)20(9-18)11-27)33-22(26(29)36)10-24(35)30-13-21-16(3)7-23(28)32-17(21)4/h5-9,12H,1,10,13-14H2,2-4H3,(H2,28,32)(H2,29,36)(H,30,35)/b33-22+. The first-order chi connectivity index (χ1) is 17.1. The summed E-state index contributed by atoms with van der Waals surface area (Å²) in [4.78, 5) is 33.2. The number of hydrogen-bond donors (Lipinski definition) is 3. The minimum absolute atomic E-state index is 0.130. The molecule has 0 spiro atoms. The molecule has 0 saturated heterocycles. The number of nitrogens with two attached hydrogens (primary N) is 2. The molecule has 2 amide bonds. The number of nitrogens with one attached hydrogen (secondary N) is 1. The summed E-state index contributed by atoms with van der Waals surface area (Å²) in [7, 11) is 0. The maximum atomic E-state index is 12.6. The number of anilines is 1. The van der Waals surface area contributed by atoms with Crippen LogP contribution in [0.5, 0.6) is 0 Å². The van der Waals surface area contributed by atoms with Gasteiger partial charge in [-0.05, 0) is 67.3 Å². The van der Waals surface area contributed by atoms with Gasteiger partial charge in [0.15, 0.2) is 0 Å². The zero-order valence-corrected chi connectivity index (χ0v) is 20.5. The number of nitriles is 1. The zero-order valence-electron chi connectivity index (χ0n) is 20.5. The van der Waals surface area contributed by atoms with Crippen molar-refractivity contribution in [1.82, 2.24) is 20.3 Å². The highest BCUT2D eigenvalue weighted by Gasteiger charge is 2.16. The van der Waals surface area contributed by atoms with Gasteiger partial charge in [-0.1, -0.05) is 6.58 Å². The summed E-state index contributed by atoms with van der Waals surface area (Å²) < 4.78 is 0. The van der Waals surface area contributed by atoms with E-state index in [9.17, 15) is 14.9 Å². The van der Waals surface area contributed by atoms with Gasteiger partial charge in [-0.3, -0.25) is 19.6 Å². The fraction of sp³-hybridized carbons (Fsp3) is 0.231. The van der Waals surface area contributed by atoms with E-state index in [2.05, 4.69) is 33.0 Å². The smallest absolute Gasteiger partial charge is 0.265 e. The molecule has 1 aromatic carbocycles. The number of nitrogen functional groups attached to an aromatic ring is 1. The Balaban J connectivity index is 1.77. The summed E-state index contributed by atoms with van der Waals surface area (Å²) in [6.45, 7) is 9.78. The van der Waals surface area contributed by atoms with Crippen molar-refractivity contribution in [2.45, 2.75) is 40.3 Å². The van der Waals surface area contributed by atoms with Crippen LogP contribution in [-0.2, 0) is 22.7 Å². The molecule has 2 aromatic heterocycles. The van der Waals surface area contributed by atoms with Crippen LogP contribution < -0.4 is 16.8 Å². The summed E-state index contributed by atoms with van der Waals surface area (Å²) >= 11 is 0. The number of primary amides is 1. The second-order valence-electron chi connectivity index (χ2n) is 8.41. The van der Waals surface area contributed by atoms with E-state index in [4.69, 9.17) is 11.5 Å². The van der Waals surface area contributed by atoms with Gasteiger partial charge in [0.05, 0.1) is 24.0 Å². The van der Waals surface area contributed by atoms with E-state index in [0.717, 1.165) is 27.6 Å². The molecule has 5 N–H and O–H groups in total. The van der Waals surface area contributed by atoms with Gasteiger partial charge >= 0.3 is 0 Å². The lowest BCUT2D eigenvalue weighted by molar-refractivity contribution is -0.121. The average Bonchev–Trinajstić information content (AvgIpc) is 2.81. The predicted molar refractivity (Wildman–Crippen MR) is 138 cm³/mol. The Bertz CT molecular complexity index is 1400. The van der Waals surface area contributed by atoms with E-state index in [1.807, 2.05) is 32.9 Å². The summed E-state index contributed by atoms with van der Waals surface area (Å²) in [5, 5.41) is 18.8. The number of benzene rings is 1. The van der Waals surface area contributed by atoms with Crippen molar-refractivity contribution in [3.63, 3.8) is 0 Å². The average molecular weight is 485 g/mol. The van der Waals surface area contributed by atoms with Crippen LogP contribution in [0.3, 0.4) is 0 Å². The highest BCUT2D eigenvalue weighted by Crippen LogP contribution is 2.21. The SMILES string of the molecule is C=CN(Cc1cc(C#N)c2ncc(C)cc2c1)/N=C(\CC(=O)NCc1c(C)cc(N)nc1C)C(N)=O. The summed E-state index contributed by atoms with van der Waals surface area (Å²) in [5.74, 6) is -0.840. The molecule has 10 heteroatoms. The lowest BCUT2D eigenvalue weighted by atomic mass is 10.0. The van der Waals surface area contributed by atoms with Crippen molar-refractivity contribution in [2.75, 3.05) is 5.73 Å². The van der Waals surface area contributed by atoms with Gasteiger partial charge in [0.2, 0.25) is 5.91 Å². The molecule has 0 fully saturated rings. The van der Waals surface area contributed by atoms with E-state index < -0.39 is 11.8 Å². The molecular formula is C26H28N8O2. The molecule has 0 atom stereocenters. The lowest BCUT2D eigenvalue weighted by Crippen LogP contribution is -2.33. The van der Waals surface area contributed by atoms with Crippen LogP contribution in [0.25, 0.3) is 10.9 Å².